The number of hydrogen-bond acceptors (Lipinski definition) is 7. The van der Waals surface area contributed by atoms with Crippen LogP contribution in [0.2, 0.25) is 0 Å². The molecule has 172 valence electrons. The number of halogens is 1. The van der Waals surface area contributed by atoms with E-state index in [1.165, 1.54) is 45.5 Å². The molecular weight excluding hydrogens is 445 g/mol. The number of rotatable bonds is 6. The first-order valence-corrected chi connectivity index (χ1v) is 10.9. The first-order chi connectivity index (χ1) is 15.2. The molecule has 3 N–H and O–H groups in total. The molecule has 10 nitrogen and oxygen atoms in total. The van der Waals surface area contributed by atoms with Crippen molar-refractivity contribution in [3.05, 3.63) is 47.3 Å². The van der Waals surface area contributed by atoms with Gasteiger partial charge in [-0.25, -0.2) is 22.3 Å². The largest absolute Gasteiger partial charge is 0.496 e. The smallest absolute Gasteiger partial charge is 0.328 e. The van der Waals surface area contributed by atoms with Gasteiger partial charge in [-0.15, -0.1) is 0 Å². The van der Waals surface area contributed by atoms with Crippen LogP contribution in [0.4, 0.5) is 9.18 Å². The zero-order valence-electron chi connectivity index (χ0n) is 17.5. The van der Waals surface area contributed by atoms with E-state index in [0.29, 0.717) is 11.3 Å². The van der Waals surface area contributed by atoms with Crippen LogP contribution in [0.15, 0.2) is 35.2 Å². The van der Waals surface area contributed by atoms with Gasteiger partial charge in [-0.2, -0.15) is 0 Å². The summed E-state index contributed by atoms with van der Waals surface area (Å²) in [5, 5.41) is 4.90. The van der Waals surface area contributed by atoms with Crippen molar-refractivity contribution in [1.82, 2.24) is 15.4 Å². The van der Waals surface area contributed by atoms with E-state index < -0.39 is 33.8 Å². The summed E-state index contributed by atoms with van der Waals surface area (Å²) >= 11 is 0. The Labute approximate surface area is 184 Å². The second kappa shape index (κ2) is 9.30. The van der Waals surface area contributed by atoms with Crippen LogP contribution in [0, 0.1) is 5.82 Å². The lowest BCUT2D eigenvalue weighted by Crippen LogP contribution is -2.43. The average Bonchev–Trinajstić information content (AvgIpc) is 2.77. The lowest BCUT2D eigenvalue weighted by Gasteiger charge is -2.27. The van der Waals surface area contributed by atoms with Crippen LogP contribution < -0.4 is 29.6 Å². The van der Waals surface area contributed by atoms with Gasteiger partial charge in [-0.1, -0.05) is 0 Å². The van der Waals surface area contributed by atoms with Gasteiger partial charge in [-0.3, -0.25) is 4.79 Å². The van der Waals surface area contributed by atoms with Gasteiger partial charge in [0.2, 0.25) is 0 Å². The second-order valence-corrected chi connectivity index (χ2v) is 8.48. The van der Waals surface area contributed by atoms with Crippen molar-refractivity contribution in [2.45, 2.75) is 17.4 Å². The summed E-state index contributed by atoms with van der Waals surface area (Å²) in [6, 6.07) is 4.87. The van der Waals surface area contributed by atoms with E-state index in [1.54, 1.807) is 0 Å². The molecule has 2 aromatic carbocycles. The summed E-state index contributed by atoms with van der Waals surface area (Å²) in [5.74, 6) is -0.575. The topological polar surface area (TPSA) is 132 Å². The molecule has 0 saturated heterocycles. The normalized spacial score (nSPS) is 15.1. The van der Waals surface area contributed by atoms with Gasteiger partial charge in [-0.05, 0) is 36.2 Å². The SMILES string of the molecule is CNC(=O)NS(=O)(=O)c1cc2c(cc1OC)OCC(NC(=O)c1cc(F)ccc1OC)C2. The van der Waals surface area contributed by atoms with E-state index >= 15 is 0 Å². The quantitative estimate of drug-likeness (QED) is 0.582. The van der Waals surface area contributed by atoms with Gasteiger partial charge >= 0.3 is 6.03 Å². The maximum absolute atomic E-state index is 13.6. The number of sulfonamides is 1. The molecule has 1 heterocycles. The van der Waals surface area contributed by atoms with Crippen molar-refractivity contribution in [3.63, 3.8) is 0 Å². The zero-order valence-corrected chi connectivity index (χ0v) is 18.3. The molecule has 0 saturated carbocycles. The minimum absolute atomic E-state index is 0.00728. The van der Waals surface area contributed by atoms with Crippen molar-refractivity contribution in [3.8, 4) is 17.2 Å². The summed E-state index contributed by atoms with van der Waals surface area (Å²) in [5.41, 5.74) is 0.497. The fourth-order valence-corrected chi connectivity index (χ4v) is 4.36. The molecule has 3 amide bonds. The number of carbonyl (C=O) groups excluding carboxylic acids is 2. The molecule has 0 fully saturated rings. The third-order valence-electron chi connectivity index (χ3n) is 4.74. The van der Waals surface area contributed by atoms with Crippen LogP contribution in [0.1, 0.15) is 15.9 Å². The summed E-state index contributed by atoms with van der Waals surface area (Å²) in [6.07, 6.45) is 0.227. The molecule has 0 radical (unpaired) electrons. The van der Waals surface area contributed by atoms with Crippen LogP contribution in [0.3, 0.4) is 0 Å². The van der Waals surface area contributed by atoms with E-state index in [1.807, 2.05) is 4.72 Å². The van der Waals surface area contributed by atoms with Crippen molar-refractivity contribution in [2.24, 2.45) is 0 Å². The molecule has 32 heavy (non-hydrogen) atoms. The van der Waals surface area contributed by atoms with Gasteiger partial charge in [0.25, 0.3) is 15.9 Å². The number of ether oxygens (including phenoxy) is 3. The number of nitrogens with one attached hydrogen (secondary N) is 3. The van der Waals surface area contributed by atoms with E-state index in [0.717, 1.165) is 6.07 Å². The second-order valence-electron chi connectivity index (χ2n) is 6.83. The number of hydrogen-bond donors (Lipinski definition) is 3. The zero-order chi connectivity index (χ0) is 23.5. The Morgan fingerprint density at radius 1 is 1.12 bits per heavy atom. The molecule has 0 aliphatic carbocycles. The Morgan fingerprint density at radius 3 is 2.50 bits per heavy atom. The predicted molar refractivity (Wildman–Crippen MR) is 111 cm³/mol. The van der Waals surface area contributed by atoms with E-state index in [4.69, 9.17) is 14.2 Å². The fourth-order valence-electron chi connectivity index (χ4n) is 3.20. The molecule has 3 rings (SSSR count). The number of amides is 3. The average molecular weight is 467 g/mol. The summed E-state index contributed by atoms with van der Waals surface area (Å²) in [6.45, 7) is 0.0993. The lowest BCUT2D eigenvalue weighted by molar-refractivity contribution is 0.0911. The van der Waals surface area contributed by atoms with Crippen molar-refractivity contribution in [2.75, 3.05) is 27.9 Å². The van der Waals surface area contributed by atoms with Gasteiger partial charge in [0, 0.05) is 13.1 Å². The maximum atomic E-state index is 13.6. The van der Waals surface area contributed by atoms with Crippen molar-refractivity contribution >= 4 is 22.0 Å². The van der Waals surface area contributed by atoms with Gasteiger partial charge in [0.15, 0.2) is 0 Å². The molecular formula is C20H22FN3O7S. The van der Waals surface area contributed by atoms with Gasteiger partial charge in [0.05, 0.1) is 25.8 Å². The lowest BCUT2D eigenvalue weighted by atomic mass is 10.0. The molecule has 1 atom stereocenters. The highest BCUT2D eigenvalue weighted by atomic mass is 32.2. The van der Waals surface area contributed by atoms with Crippen molar-refractivity contribution < 1.29 is 36.6 Å². The molecule has 1 aliphatic heterocycles. The first-order valence-electron chi connectivity index (χ1n) is 9.41. The highest BCUT2D eigenvalue weighted by molar-refractivity contribution is 7.90. The van der Waals surface area contributed by atoms with E-state index in [2.05, 4.69) is 10.6 Å². The third kappa shape index (κ3) is 4.85. The first kappa shape index (κ1) is 23.1. The molecule has 0 spiro atoms. The van der Waals surface area contributed by atoms with Crippen LogP contribution in [0.5, 0.6) is 17.2 Å². The number of benzene rings is 2. The Bertz CT molecular complexity index is 1150. The standard InChI is InChI=1S/C20H22FN3O7S/c1-22-20(26)24-32(27,28)18-7-11-6-13(10-31-16(11)9-17(18)30-3)23-19(25)14-8-12(21)4-5-15(14)29-2/h4-5,7-9,13H,6,10H2,1-3H3,(H,23,25)(H2,22,24,26). The van der Waals surface area contributed by atoms with E-state index in [-0.39, 0.29) is 35.0 Å². The summed E-state index contributed by atoms with van der Waals surface area (Å²) < 4.78 is 56.6. The summed E-state index contributed by atoms with van der Waals surface area (Å²) in [4.78, 5) is 23.9. The fraction of sp³-hybridized carbons (Fsp3) is 0.300. The minimum atomic E-state index is -4.23. The number of methoxy groups -OCH3 is 2. The minimum Gasteiger partial charge on any atom is -0.496 e. The highest BCUT2D eigenvalue weighted by Gasteiger charge is 2.29. The molecule has 2 aromatic rings. The molecule has 0 aromatic heterocycles. The van der Waals surface area contributed by atoms with Crippen LogP contribution in [0.25, 0.3) is 0 Å². The Balaban J connectivity index is 1.85. The highest BCUT2D eigenvalue weighted by Crippen LogP contribution is 2.35. The van der Waals surface area contributed by atoms with Gasteiger partial charge in [0.1, 0.15) is 34.6 Å². The maximum Gasteiger partial charge on any atom is 0.328 e. The molecule has 1 aliphatic rings. The third-order valence-corrected chi connectivity index (χ3v) is 6.09. The number of fused-ring (bicyclic) bond motifs is 1. The van der Waals surface area contributed by atoms with Crippen molar-refractivity contribution in [1.29, 1.82) is 0 Å². The number of urea groups is 1. The molecule has 12 heteroatoms. The molecule has 1 unspecified atom stereocenters. The number of carbonyl (C=O) groups is 2. The predicted octanol–water partition coefficient (Wildman–Crippen LogP) is 1.19. The van der Waals surface area contributed by atoms with Crippen LogP contribution >= 0.6 is 0 Å². The Hall–Kier alpha value is -3.54. The van der Waals surface area contributed by atoms with E-state index in [9.17, 15) is 22.4 Å². The molecule has 0 bridgehead atoms. The van der Waals surface area contributed by atoms with Gasteiger partial charge < -0.3 is 24.8 Å². The van der Waals surface area contributed by atoms with Crippen LogP contribution in [-0.4, -0.2) is 54.3 Å². The Kier molecular flexibility index (Phi) is 6.72. The monoisotopic (exact) mass is 467 g/mol. The Morgan fingerprint density at radius 2 is 1.84 bits per heavy atom. The van der Waals surface area contributed by atoms with Crippen LogP contribution in [-0.2, 0) is 16.4 Å². The summed E-state index contributed by atoms with van der Waals surface area (Å²) in [7, 11) is -0.294.